The highest BCUT2D eigenvalue weighted by atomic mass is 19.1. The molecule has 0 saturated carbocycles. The molecule has 66 valence electrons. The molecule has 0 fully saturated rings. The van der Waals surface area contributed by atoms with Crippen molar-refractivity contribution >= 4 is 0 Å². The summed E-state index contributed by atoms with van der Waals surface area (Å²) in [5, 5.41) is 0. The lowest BCUT2D eigenvalue weighted by Gasteiger charge is -2.07. The van der Waals surface area contributed by atoms with Gasteiger partial charge in [0.05, 0.1) is 0 Å². The van der Waals surface area contributed by atoms with E-state index < -0.39 is 0 Å². The summed E-state index contributed by atoms with van der Waals surface area (Å²) >= 11 is 0. The van der Waals surface area contributed by atoms with Gasteiger partial charge in [-0.1, -0.05) is 19.1 Å². The van der Waals surface area contributed by atoms with E-state index >= 15 is 0 Å². The number of hydrogen-bond acceptors (Lipinski definition) is 1. The summed E-state index contributed by atoms with van der Waals surface area (Å²) < 4.78 is 13.2. The summed E-state index contributed by atoms with van der Waals surface area (Å²) in [5.41, 5.74) is 7.17. The van der Waals surface area contributed by atoms with E-state index in [4.69, 9.17) is 5.73 Å². The molecule has 0 saturated heterocycles. The maximum atomic E-state index is 13.2. The smallest absolute Gasteiger partial charge is 0.128 e. The summed E-state index contributed by atoms with van der Waals surface area (Å²) in [4.78, 5) is 0. The van der Waals surface area contributed by atoms with Crippen molar-refractivity contribution < 1.29 is 4.39 Å². The SMILES string of the molecule is CCc1ccc(C(C)N)c(F)c1. The van der Waals surface area contributed by atoms with Crippen LogP contribution in [0.25, 0.3) is 0 Å². The minimum Gasteiger partial charge on any atom is -0.324 e. The van der Waals surface area contributed by atoms with Gasteiger partial charge in [0.25, 0.3) is 0 Å². The lowest BCUT2D eigenvalue weighted by atomic mass is 10.0. The third-order valence-electron chi connectivity index (χ3n) is 1.96. The molecule has 0 radical (unpaired) electrons. The van der Waals surface area contributed by atoms with Gasteiger partial charge in [-0.25, -0.2) is 4.39 Å². The van der Waals surface area contributed by atoms with Gasteiger partial charge < -0.3 is 5.73 Å². The van der Waals surface area contributed by atoms with E-state index in [1.165, 1.54) is 0 Å². The molecule has 1 aromatic rings. The van der Waals surface area contributed by atoms with E-state index in [9.17, 15) is 4.39 Å². The third kappa shape index (κ3) is 1.83. The highest BCUT2D eigenvalue weighted by Gasteiger charge is 2.06. The van der Waals surface area contributed by atoms with Crippen molar-refractivity contribution in [2.24, 2.45) is 5.73 Å². The minimum absolute atomic E-state index is 0.190. The fourth-order valence-corrected chi connectivity index (χ4v) is 1.16. The molecule has 0 aliphatic carbocycles. The van der Waals surface area contributed by atoms with Crippen molar-refractivity contribution in [1.29, 1.82) is 0 Å². The second-order valence-corrected chi connectivity index (χ2v) is 3.00. The van der Waals surface area contributed by atoms with Crippen LogP contribution in [0.4, 0.5) is 4.39 Å². The summed E-state index contributed by atoms with van der Waals surface area (Å²) in [6.45, 7) is 3.78. The number of benzene rings is 1. The first kappa shape index (κ1) is 9.20. The molecule has 2 heteroatoms. The molecule has 1 nitrogen and oxygen atoms in total. The van der Waals surface area contributed by atoms with Gasteiger partial charge >= 0.3 is 0 Å². The molecule has 1 aromatic carbocycles. The van der Waals surface area contributed by atoms with Gasteiger partial charge in [-0.15, -0.1) is 0 Å². The quantitative estimate of drug-likeness (QED) is 0.719. The van der Waals surface area contributed by atoms with Gasteiger partial charge in [-0.3, -0.25) is 0 Å². The molecule has 0 heterocycles. The van der Waals surface area contributed by atoms with Crippen LogP contribution in [0.1, 0.15) is 31.0 Å². The molecular weight excluding hydrogens is 153 g/mol. The molecule has 1 unspecified atom stereocenters. The fourth-order valence-electron chi connectivity index (χ4n) is 1.16. The third-order valence-corrected chi connectivity index (χ3v) is 1.96. The molecule has 1 rings (SSSR count). The average Bonchev–Trinajstić information content (AvgIpc) is 2.03. The summed E-state index contributed by atoms with van der Waals surface area (Å²) in [7, 11) is 0. The highest BCUT2D eigenvalue weighted by molar-refractivity contribution is 5.26. The Balaban J connectivity index is 3.03. The molecule has 0 bridgehead atoms. The van der Waals surface area contributed by atoms with Gasteiger partial charge in [0.15, 0.2) is 0 Å². The summed E-state index contributed by atoms with van der Waals surface area (Å²) in [6, 6.07) is 5.01. The van der Waals surface area contributed by atoms with Crippen LogP contribution in [-0.2, 0) is 6.42 Å². The van der Waals surface area contributed by atoms with Gasteiger partial charge in [-0.05, 0) is 25.0 Å². The molecule has 0 aliphatic heterocycles. The maximum absolute atomic E-state index is 13.2. The average molecular weight is 167 g/mol. The van der Waals surface area contributed by atoms with Crippen LogP contribution in [0, 0.1) is 5.82 Å². The van der Waals surface area contributed by atoms with Crippen molar-refractivity contribution in [2.45, 2.75) is 26.3 Å². The number of hydrogen-bond donors (Lipinski definition) is 1. The van der Waals surface area contributed by atoms with E-state index in [-0.39, 0.29) is 11.9 Å². The molecule has 2 N–H and O–H groups in total. The number of nitrogens with two attached hydrogens (primary N) is 1. The Hall–Kier alpha value is -0.890. The molecular formula is C10H14FN. The Kier molecular flexibility index (Phi) is 2.82. The molecule has 0 aromatic heterocycles. The topological polar surface area (TPSA) is 26.0 Å². The van der Waals surface area contributed by atoms with Gasteiger partial charge in [-0.2, -0.15) is 0 Å². The normalized spacial score (nSPS) is 13.0. The predicted molar refractivity (Wildman–Crippen MR) is 48.4 cm³/mol. The summed E-state index contributed by atoms with van der Waals surface area (Å²) in [5.74, 6) is -0.190. The van der Waals surface area contributed by atoms with Crippen LogP contribution in [0.15, 0.2) is 18.2 Å². The number of halogens is 1. The zero-order chi connectivity index (χ0) is 9.14. The van der Waals surface area contributed by atoms with Crippen molar-refractivity contribution in [1.82, 2.24) is 0 Å². The Morgan fingerprint density at radius 1 is 1.50 bits per heavy atom. The van der Waals surface area contributed by atoms with Gasteiger partial charge in [0.1, 0.15) is 5.82 Å². The zero-order valence-electron chi connectivity index (χ0n) is 7.47. The van der Waals surface area contributed by atoms with Crippen LogP contribution in [0.2, 0.25) is 0 Å². The van der Waals surface area contributed by atoms with Crippen molar-refractivity contribution in [3.63, 3.8) is 0 Å². The van der Waals surface area contributed by atoms with E-state index in [0.717, 1.165) is 12.0 Å². The van der Waals surface area contributed by atoms with Crippen LogP contribution >= 0.6 is 0 Å². The zero-order valence-corrected chi connectivity index (χ0v) is 7.47. The molecule has 0 spiro atoms. The Morgan fingerprint density at radius 2 is 2.17 bits per heavy atom. The fraction of sp³-hybridized carbons (Fsp3) is 0.400. The van der Waals surface area contributed by atoms with E-state index in [1.807, 2.05) is 13.0 Å². The van der Waals surface area contributed by atoms with Gasteiger partial charge in [0.2, 0.25) is 0 Å². The highest BCUT2D eigenvalue weighted by Crippen LogP contribution is 2.16. The second-order valence-electron chi connectivity index (χ2n) is 3.00. The first-order valence-corrected chi connectivity index (χ1v) is 4.19. The Bertz CT molecular complexity index is 269. The Labute approximate surface area is 72.4 Å². The van der Waals surface area contributed by atoms with Crippen molar-refractivity contribution in [3.8, 4) is 0 Å². The van der Waals surface area contributed by atoms with Gasteiger partial charge in [0, 0.05) is 11.6 Å². The first-order valence-electron chi connectivity index (χ1n) is 4.19. The van der Waals surface area contributed by atoms with Crippen LogP contribution < -0.4 is 5.73 Å². The minimum atomic E-state index is -0.226. The summed E-state index contributed by atoms with van der Waals surface area (Å²) in [6.07, 6.45) is 0.857. The maximum Gasteiger partial charge on any atom is 0.128 e. The molecule has 1 atom stereocenters. The number of rotatable bonds is 2. The standard InChI is InChI=1S/C10H14FN/c1-3-8-4-5-9(7(2)12)10(11)6-8/h4-7H,3,12H2,1-2H3. The largest absolute Gasteiger partial charge is 0.324 e. The molecule has 12 heavy (non-hydrogen) atoms. The van der Waals surface area contributed by atoms with Crippen LogP contribution in [0.5, 0.6) is 0 Å². The van der Waals surface area contributed by atoms with Crippen molar-refractivity contribution in [3.05, 3.63) is 35.1 Å². The van der Waals surface area contributed by atoms with E-state index in [0.29, 0.717) is 5.56 Å². The van der Waals surface area contributed by atoms with Crippen LogP contribution in [-0.4, -0.2) is 0 Å². The lowest BCUT2D eigenvalue weighted by molar-refractivity contribution is 0.592. The van der Waals surface area contributed by atoms with Crippen LogP contribution in [0.3, 0.4) is 0 Å². The van der Waals surface area contributed by atoms with Crippen molar-refractivity contribution in [2.75, 3.05) is 0 Å². The van der Waals surface area contributed by atoms with E-state index in [1.54, 1.807) is 19.1 Å². The lowest BCUT2D eigenvalue weighted by Crippen LogP contribution is -2.07. The molecule has 0 aliphatic rings. The van der Waals surface area contributed by atoms with E-state index in [2.05, 4.69) is 0 Å². The first-order chi connectivity index (χ1) is 5.65. The predicted octanol–water partition coefficient (Wildman–Crippen LogP) is 2.41. The molecule has 0 amide bonds. The monoisotopic (exact) mass is 167 g/mol. The number of aryl methyl sites for hydroxylation is 1. The Morgan fingerprint density at radius 3 is 2.58 bits per heavy atom. The second kappa shape index (κ2) is 3.68.